The molecule has 0 spiro atoms. The number of nitrogens with two attached hydrogens (primary N) is 1. The van der Waals surface area contributed by atoms with Gasteiger partial charge in [-0.3, -0.25) is 72.1 Å². The van der Waals surface area contributed by atoms with E-state index in [2.05, 4.69) is 10.6 Å². The van der Waals surface area contributed by atoms with Gasteiger partial charge in [-0.25, -0.2) is 14.0 Å². The first-order valence-corrected chi connectivity index (χ1v) is 40.9. The minimum atomic E-state index is -1.08. The van der Waals surface area contributed by atoms with Crippen LogP contribution in [0.25, 0.3) is 0 Å². The molecule has 0 aromatic heterocycles. The highest BCUT2D eigenvalue weighted by molar-refractivity contribution is 8.00. The number of carbonyl (C=O) groups is 15. The number of methoxy groups -OCH3 is 2. The average Bonchev–Trinajstić information content (AvgIpc) is 1.71. The number of hydroxylamine groups is 2. The second-order valence-corrected chi connectivity index (χ2v) is 33.6. The Bertz CT molecular complexity index is 3660. The lowest BCUT2D eigenvalue weighted by molar-refractivity contribution is -0.198. The van der Waals surface area contributed by atoms with Crippen molar-refractivity contribution in [2.24, 2.45) is 52.6 Å². The van der Waals surface area contributed by atoms with E-state index in [4.69, 9.17) is 29.5 Å². The zero-order valence-electron chi connectivity index (χ0n) is 68.6. The van der Waals surface area contributed by atoms with Crippen molar-refractivity contribution in [3.05, 3.63) is 71.0 Å². The minimum Gasteiger partial charge on any atom is -0.429 e. The predicted molar refractivity (Wildman–Crippen MR) is 417 cm³/mol. The van der Waals surface area contributed by atoms with Gasteiger partial charge in [0, 0.05) is 109 Å². The Balaban J connectivity index is 1.06. The summed E-state index contributed by atoms with van der Waals surface area (Å²) in [5.41, 5.74) is 6.21. The minimum absolute atomic E-state index is 0.00628. The van der Waals surface area contributed by atoms with Crippen LogP contribution in [0.5, 0.6) is 0 Å². The lowest BCUT2D eigenvalue weighted by Gasteiger charge is -2.41. The Hall–Kier alpha value is -8.35. The van der Waals surface area contributed by atoms with Gasteiger partial charge >= 0.3 is 12.1 Å². The zero-order valence-corrected chi connectivity index (χ0v) is 69.4. The van der Waals surface area contributed by atoms with E-state index in [1.165, 1.54) is 54.8 Å². The van der Waals surface area contributed by atoms with Crippen molar-refractivity contribution >= 4 is 100 Å². The Morgan fingerprint density at radius 2 is 1.34 bits per heavy atom. The SMILES string of the molecule is CC[C@H](C)[C@@H]([C@@H](CC(=O)N1C[C@@H](OC(=O)OCc2ccc(CC(=O)[C@H](CCCCC(N)=O)NC(=O)[C@@H](CC(=O)CCCCCN3C(=O)CC(SCC4(CC(=O)ON5C(=O)CCC5=O)CC4)C3=O)C(C)C)cc2)C[C@H]1[C@H](OC)[C@@H](C)C(=O)N[C@@H](C)C(=O)c1ccc(F)cc1)OC)N(C)C(=O)[C@@H](CC(=O)[C@H](C(C)C)N(C)C)C(C)C. The van der Waals surface area contributed by atoms with E-state index < -0.39 is 136 Å². The van der Waals surface area contributed by atoms with E-state index in [1.807, 2.05) is 60.5 Å². The van der Waals surface area contributed by atoms with E-state index in [-0.39, 0.29) is 161 Å². The van der Waals surface area contributed by atoms with Crippen LogP contribution in [0.4, 0.5) is 9.18 Å². The summed E-state index contributed by atoms with van der Waals surface area (Å²) >= 11 is 1.31. The van der Waals surface area contributed by atoms with E-state index in [0.29, 0.717) is 73.3 Å². The lowest BCUT2D eigenvalue weighted by atomic mass is 9.83. The van der Waals surface area contributed by atoms with Crippen molar-refractivity contribution in [1.82, 2.24) is 35.3 Å². The molecule has 0 radical (unpaired) electrons. The number of likely N-dealkylation sites (N-methyl/N-ethyl adjacent to an activating group) is 2. The number of amides is 9. The van der Waals surface area contributed by atoms with Crippen molar-refractivity contribution in [1.29, 1.82) is 0 Å². The monoisotopic (exact) mass is 1600 g/mol. The largest absolute Gasteiger partial charge is 0.508 e. The summed E-state index contributed by atoms with van der Waals surface area (Å²) in [6.07, 6.45) is -0.0964. The number of ketones is 4. The van der Waals surface area contributed by atoms with Crippen LogP contribution >= 0.6 is 11.8 Å². The fraction of sp³-hybridized carbons (Fsp3) is 0.675. The maximum atomic E-state index is 15.1. The molecule has 2 aromatic carbocycles. The third kappa shape index (κ3) is 27.1. The number of benzene rings is 2. The Morgan fingerprint density at radius 3 is 1.91 bits per heavy atom. The third-order valence-electron chi connectivity index (χ3n) is 22.5. The molecule has 30 heteroatoms. The Labute approximate surface area is 668 Å². The molecular weight excluding hydrogens is 1480 g/mol. The van der Waals surface area contributed by atoms with Gasteiger partial charge in [-0.05, 0) is 124 Å². The van der Waals surface area contributed by atoms with Crippen molar-refractivity contribution < 1.29 is 100 Å². The molecule has 626 valence electrons. The van der Waals surface area contributed by atoms with Gasteiger partial charge in [-0.15, -0.1) is 16.8 Å². The molecule has 3 heterocycles. The summed E-state index contributed by atoms with van der Waals surface area (Å²) in [4.78, 5) is 213. The summed E-state index contributed by atoms with van der Waals surface area (Å²) < 4.78 is 37.5. The Kier molecular flexibility index (Phi) is 36.4. The first kappa shape index (κ1) is 93.5. The van der Waals surface area contributed by atoms with E-state index in [0.717, 1.165) is 12.1 Å². The van der Waals surface area contributed by atoms with Gasteiger partial charge < -0.3 is 50.0 Å². The number of primary amides is 1. The summed E-state index contributed by atoms with van der Waals surface area (Å²) in [7, 11) is 8.17. The molecule has 28 nitrogen and oxygen atoms in total. The van der Waals surface area contributed by atoms with E-state index >= 15 is 4.79 Å². The van der Waals surface area contributed by atoms with Crippen LogP contribution in [0.3, 0.4) is 0 Å². The molecule has 13 atom stereocenters. The topological polar surface area (TPSA) is 368 Å². The Morgan fingerprint density at radius 1 is 0.708 bits per heavy atom. The average molecular weight is 1600 g/mol. The number of nitrogens with one attached hydrogen (secondary N) is 2. The number of hydrogen-bond donors (Lipinski definition) is 3. The number of thioether (sulfide) groups is 1. The first-order chi connectivity index (χ1) is 53.3. The number of Topliss-reactive ketones (excluding diaryl/α,β-unsaturated/α-hetero) is 4. The molecule has 4 N–H and O–H groups in total. The van der Waals surface area contributed by atoms with Gasteiger partial charge in [0.15, 0.2) is 17.3 Å². The summed E-state index contributed by atoms with van der Waals surface area (Å²) in [6, 6.07) is 7.50. The molecule has 4 aliphatic rings. The van der Waals surface area contributed by atoms with Crippen LogP contribution in [0.2, 0.25) is 0 Å². The van der Waals surface area contributed by atoms with E-state index in [1.54, 1.807) is 57.0 Å². The van der Waals surface area contributed by atoms with Crippen LogP contribution in [0, 0.1) is 52.7 Å². The molecule has 1 aliphatic carbocycles. The number of nitrogens with zero attached hydrogens (tertiary/aromatic N) is 5. The van der Waals surface area contributed by atoms with Crippen LogP contribution in [0.15, 0.2) is 48.5 Å². The molecule has 0 bridgehead atoms. The molecule has 1 unspecified atom stereocenters. The highest BCUT2D eigenvalue weighted by Gasteiger charge is 2.50. The number of halogens is 1. The van der Waals surface area contributed by atoms with Gasteiger partial charge in [-0.1, -0.05) is 106 Å². The molecule has 1 saturated carbocycles. The van der Waals surface area contributed by atoms with Crippen LogP contribution in [-0.4, -0.2) is 221 Å². The lowest BCUT2D eigenvalue weighted by Crippen LogP contribution is -2.54. The normalized spacial score (nSPS) is 19.5. The number of rotatable bonds is 49. The van der Waals surface area contributed by atoms with Gasteiger partial charge in [0.05, 0.1) is 73.0 Å². The fourth-order valence-corrected chi connectivity index (χ4v) is 16.9. The van der Waals surface area contributed by atoms with Crippen molar-refractivity contribution in [2.75, 3.05) is 54.2 Å². The molecule has 3 aliphatic heterocycles. The second-order valence-electron chi connectivity index (χ2n) is 32.4. The quantitative estimate of drug-likeness (QED) is 0.0241. The molecule has 4 fully saturated rings. The number of ether oxygens (including phenoxy) is 4. The molecule has 113 heavy (non-hydrogen) atoms. The van der Waals surface area contributed by atoms with Crippen LogP contribution in [0.1, 0.15) is 213 Å². The summed E-state index contributed by atoms with van der Waals surface area (Å²) in [6.45, 7) is 18.0. The molecule has 2 aromatic rings. The zero-order chi connectivity index (χ0) is 83.9. The fourth-order valence-electron chi connectivity index (χ4n) is 15.4. The maximum absolute atomic E-state index is 15.1. The van der Waals surface area contributed by atoms with Crippen LogP contribution < -0.4 is 16.4 Å². The van der Waals surface area contributed by atoms with Gasteiger partial charge in [-0.2, -0.15) is 0 Å². The second kappa shape index (κ2) is 43.9. The van der Waals surface area contributed by atoms with Crippen molar-refractivity contribution in [3.8, 4) is 0 Å². The predicted octanol–water partition coefficient (Wildman–Crippen LogP) is 8.66. The number of unbranched alkanes of at least 4 members (excludes halogenated alkanes) is 3. The molecule has 9 amide bonds. The number of hydrogen-bond acceptors (Lipinski definition) is 22. The number of imide groups is 2. The first-order valence-electron chi connectivity index (χ1n) is 39.8. The molecular formula is C83H121FN8O20S. The summed E-state index contributed by atoms with van der Waals surface area (Å²) in [5.74, 6) is -9.22. The summed E-state index contributed by atoms with van der Waals surface area (Å²) in [5, 5.41) is 5.54. The van der Waals surface area contributed by atoms with Crippen molar-refractivity contribution in [2.45, 2.75) is 258 Å². The molecule has 3 saturated heterocycles. The third-order valence-corrected chi connectivity index (χ3v) is 24.0. The highest BCUT2D eigenvalue weighted by Crippen LogP contribution is 2.52. The van der Waals surface area contributed by atoms with Crippen molar-refractivity contribution in [3.63, 3.8) is 0 Å². The smallest absolute Gasteiger partial charge is 0.429 e. The molecule has 6 rings (SSSR count). The maximum Gasteiger partial charge on any atom is 0.508 e. The van der Waals surface area contributed by atoms with E-state index in [9.17, 15) is 71.5 Å². The number of likely N-dealkylation sites (tertiary alicyclic amines) is 2. The standard InChI is InChI=1S/C83H121FN8O20S/c1-16-51(8)75(89(13)80(105)61(49(4)5)41-65(95)74(50(6)7)88(11)12)66(108-14)42-71(99)91-45-59(40-63(91)77(109-15)52(9)78(103)86-53(10)76(102)56-29-31-57(84)32-30-56)111-82(107)110-46-55-27-25-54(26-28-55)38-64(94)62(23-19-20-24-68(85)96)87-79(104)60(48(2)3)39-58(93)22-18-17-21-37-90-72(100)43-67(81(90)106)113-47-83(35-36-83)44-73(101)112-92-69(97)33-34-70(92)98/h25-32,48-53,59-63,66-67,74-75,77H,16-24,33-47H2,1-15H3,(H2,85,96)(H,86,103)(H,87,104)/t51-,52+,53-,59-,60-,61-,62-,63-,66+,67?,74-,75-,77+/m0/s1. The highest BCUT2D eigenvalue weighted by atomic mass is 32.2. The van der Waals surface area contributed by atoms with Gasteiger partial charge in [0.25, 0.3) is 11.8 Å². The van der Waals surface area contributed by atoms with Crippen LogP contribution in [-0.2, 0) is 99.1 Å². The number of carbonyl (C=O) groups excluding carboxylic acids is 15. The van der Waals surface area contributed by atoms with Gasteiger partial charge in [0.2, 0.25) is 41.4 Å². The van der Waals surface area contributed by atoms with Gasteiger partial charge in [0.1, 0.15) is 24.3 Å².